The number of anilines is 2. The Bertz CT molecular complexity index is 1240. The number of para-hydroxylation sites is 1. The monoisotopic (exact) mass is 444 g/mol. The predicted octanol–water partition coefficient (Wildman–Crippen LogP) is 4.79. The molecule has 0 saturated carbocycles. The van der Waals surface area contributed by atoms with Crippen LogP contribution in [0.5, 0.6) is 5.75 Å². The molecule has 0 aliphatic carbocycles. The van der Waals surface area contributed by atoms with E-state index in [9.17, 15) is 9.59 Å². The molecule has 2 heterocycles. The van der Waals surface area contributed by atoms with Crippen molar-refractivity contribution in [3.05, 3.63) is 89.0 Å². The molecule has 3 aromatic rings. The molecule has 1 spiro atoms. The molecule has 5 nitrogen and oxygen atoms in total. The number of thioether (sulfide) groups is 1. The van der Waals surface area contributed by atoms with Crippen molar-refractivity contribution in [3.8, 4) is 5.75 Å². The molecular weight excluding hydrogens is 420 g/mol. The van der Waals surface area contributed by atoms with Gasteiger partial charge in [-0.2, -0.15) is 0 Å². The van der Waals surface area contributed by atoms with Crippen LogP contribution in [-0.4, -0.2) is 24.7 Å². The van der Waals surface area contributed by atoms with E-state index in [0.717, 1.165) is 39.4 Å². The fraction of sp³-hybridized carbons (Fsp3) is 0.231. The van der Waals surface area contributed by atoms with E-state index in [1.165, 1.54) is 11.8 Å². The van der Waals surface area contributed by atoms with Gasteiger partial charge in [0.2, 0.25) is 10.8 Å². The van der Waals surface area contributed by atoms with Crippen LogP contribution in [0.4, 0.5) is 11.4 Å². The van der Waals surface area contributed by atoms with Gasteiger partial charge in [-0.1, -0.05) is 36.4 Å². The lowest BCUT2D eigenvalue weighted by molar-refractivity contribution is -0.123. The van der Waals surface area contributed by atoms with Crippen molar-refractivity contribution < 1.29 is 14.3 Å². The van der Waals surface area contributed by atoms with E-state index in [-0.39, 0.29) is 17.6 Å². The first-order valence-corrected chi connectivity index (χ1v) is 11.5. The summed E-state index contributed by atoms with van der Waals surface area (Å²) in [5.41, 5.74) is 5.68. The standard InChI is InChI=1S/C26H24N2O3S/c1-17-11-12-20(13-18(17)2)28-24(29)16-32-26(28)22-9-4-5-10-23(22)27(25(26)30)15-19-7-6-8-21(14-19)31-3/h4-14H,15-16H2,1-3H3. The van der Waals surface area contributed by atoms with E-state index in [2.05, 4.69) is 0 Å². The highest BCUT2D eigenvalue weighted by Gasteiger charge is 2.60. The van der Waals surface area contributed by atoms with Gasteiger partial charge >= 0.3 is 0 Å². The minimum Gasteiger partial charge on any atom is -0.497 e. The molecule has 0 radical (unpaired) electrons. The Morgan fingerprint density at radius 3 is 2.56 bits per heavy atom. The van der Waals surface area contributed by atoms with Crippen LogP contribution < -0.4 is 14.5 Å². The summed E-state index contributed by atoms with van der Waals surface area (Å²) < 4.78 is 5.36. The first-order chi connectivity index (χ1) is 15.5. The van der Waals surface area contributed by atoms with Gasteiger partial charge in [0.25, 0.3) is 5.91 Å². The van der Waals surface area contributed by atoms with Crippen LogP contribution >= 0.6 is 11.8 Å². The molecule has 32 heavy (non-hydrogen) atoms. The molecule has 0 aromatic heterocycles. The van der Waals surface area contributed by atoms with E-state index in [0.29, 0.717) is 6.54 Å². The number of aryl methyl sites for hydroxylation is 2. The van der Waals surface area contributed by atoms with Gasteiger partial charge in [0.1, 0.15) is 5.75 Å². The zero-order valence-corrected chi connectivity index (χ0v) is 19.1. The maximum Gasteiger partial charge on any atom is 0.269 e. The normalized spacial score (nSPS) is 19.7. The summed E-state index contributed by atoms with van der Waals surface area (Å²) in [6.45, 7) is 4.48. The van der Waals surface area contributed by atoms with E-state index in [1.807, 2.05) is 80.6 Å². The third-order valence-corrected chi connectivity index (χ3v) is 7.67. The molecular formula is C26H24N2O3S. The largest absolute Gasteiger partial charge is 0.497 e. The van der Waals surface area contributed by atoms with Gasteiger partial charge in [-0.3, -0.25) is 14.5 Å². The molecule has 1 fully saturated rings. The Morgan fingerprint density at radius 2 is 1.78 bits per heavy atom. The zero-order chi connectivity index (χ0) is 22.5. The number of rotatable bonds is 4. The van der Waals surface area contributed by atoms with Crippen molar-refractivity contribution in [1.82, 2.24) is 0 Å². The topological polar surface area (TPSA) is 49.9 Å². The number of fused-ring (bicyclic) bond motifs is 2. The molecule has 2 aliphatic rings. The summed E-state index contributed by atoms with van der Waals surface area (Å²) in [4.78, 5) is 29.7. The summed E-state index contributed by atoms with van der Waals surface area (Å²) in [5, 5.41) is 0. The van der Waals surface area contributed by atoms with Gasteiger partial charge in [-0.05, 0) is 60.9 Å². The molecule has 162 valence electrons. The van der Waals surface area contributed by atoms with Crippen LogP contribution in [0.15, 0.2) is 66.7 Å². The fourth-order valence-electron chi connectivity index (χ4n) is 4.53. The first-order valence-electron chi connectivity index (χ1n) is 10.5. The van der Waals surface area contributed by atoms with Crippen LogP contribution in [0.3, 0.4) is 0 Å². The average molecular weight is 445 g/mol. The summed E-state index contributed by atoms with van der Waals surface area (Å²) in [6, 6.07) is 21.5. The van der Waals surface area contributed by atoms with Gasteiger partial charge in [-0.15, -0.1) is 11.8 Å². The first kappa shape index (κ1) is 20.6. The molecule has 1 atom stereocenters. The van der Waals surface area contributed by atoms with E-state index >= 15 is 0 Å². The lowest BCUT2D eigenvalue weighted by Crippen LogP contribution is -2.49. The van der Waals surface area contributed by atoms with Gasteiger partial charge in [0.15, 0.2) is 0 Å². The number of methoxy groups -OCH3 is 1. The molecule has 2 amide bonds. The van der Waals surface area contributed by atoms with E-state index < -0.39 is 4.87 Å². The smallest absolute Gasteiger partial charge is 0.269 e. The van der Waals surface area contributed by atoms with Crippen molar-refractivity contribution in [2.75, 3.05) is 22.7 Å². The van der Waals surface area contributed by atoms with Crippen molar-refractivity contribution >= 4 is 35.0 Å². The van der Waals surface area contributed by atoms with Crippen LogP contribution in [0.1, 0.15) is 22.3 Å². The van der Waals surface area contributed by atoms with E-state index in [1.54, 1.807) is 16.9 Å². The quantitative estimate of drug-likeness (QED) is 0.581. The Kier molecular flexibility index (Phi) is 4.97. The highest BCUT2D eigenvalue weighted by atomic mass is 32.2. The van der Waals surface area contributed by atoms with Crippen molar-refractivity contribution in [1.29, 1.82) is 0 Å². The minimum atomic E-state index is -1.09. The van der Waals surface area contributed by atoms with Crippen LogP contribution in [0.25, 0.3) is 0 Å². The van der Waals surface area contributed by atoms with Crippen molar-refractivity contribution in [2.45, 2.75) is 25.3 Å². The van der Waals surface area contributed by atoms with Crippen molar-refractivity contribution in [2.24, 2.45) is 0 Å². The zero-order valence-electron chi connectivity index (χ0n) is 18.3. The average Bonchev–Trinajstić information content (AvgIpc) is 3.27. The second-order valence-corrected chi connectivity index (χ2v) is 9.36. The molecule has 0 bridgehead atoms. The molecule has 6 heteroatoms. The minimum absolute atomic E-state index is 0.0513. The Labute approximate surface area is 192 Å². The lowest BCUT2D eigenvalue weighted by atomic mass is 10.0. The summed E-state index contributed by atoms with van der Waals surface area (Å²) in [6.07, 6.45) is 0. The molecule has 1 saturated heterocycles. The number of ether oxygens (including phenoxy) is 1. The van der Waals surface area contributed by atoms with Crippen LogP contribution in [0.2, 0.25) is 0 Å². The maximum absolute atomic E-state index is 14.1. The van der Waals surface area contributed by atoms with Gasteiger partial charge in [0.05, 0.1) is 25.1 Å². The molecule has 5 rings (SSSR count). The number of carbonyl (C=O) groups excluding carboxylic acids is 2. The number of hydrogen-bond donors (Lipinski definition) is 0. The van der Waals surface area contributed by atoms with Crippen LogP contribution in [0, 0.1) is 13.8 Å². The second-order valence-electron chi connectivity index (χ2n) is 8.19. The maximum atomic E-state index is 14.1. The van der Waals surface area contributed by atoms with Gasteiger partial charge in [-0.25, -0.2) is 0 Å². The molecule has 2 aliphatic heterocycles. The Balaban J connectivity index is 1.63. The fourth-order valence-corrected chi connectivity index (χ4v) is 5.89. The molecule has 3 aromatic carbocycles. The molecule has 1 unspecified atom stereocenters. The lowest BCUT2D eigenvalue weighted by Gasteiger charge is -2.33. The molecule has 0 N–H and O–H groups in total. The third-order valence-electron chi connectivity index (χ3n) is 6.29. The summed E-state index contributed by atoms with van der Waals surface area (Å²) in [5.74, 6) is 0.875. The number of benzene rings is 3. The highest BCUT2D eigenvalue weighted by Crippen LogP contribution is 2.56. The van der Waals surface area contributed by atoms with Gasteiger partial charge < -0.3 is 9.64 Å². The highest BCUT2D eigenvalue weighted by molar-refractivity contribution is 8.02. The third kappa shape index (κ3) is 3.01. The van der Waals surface area contributed by atoms with E-state index in [4.69, 9.17) is 4.74 Å². The number of carbonyl (C=O) groups is 2. The summed E-state index contributed by atoms with van der Waals surface area (Å²) >= 11 is 1.41. The Morgan fingerprint density at radius 1 is 0.969 bits per heavy atom. The number of amides is 2. The van der Waals surface area contributed by atoms with Crippen LogP contribution in [-0.2, 0) is 21.0 Å². The van der Waals surface area contributed by atoms with Gasteiger partial charge in [0, 0.05) is 11.3 Å². The predicted molar refractivity (Wildman–Crippen MR) is 128 cm³/mol. The number of nitrogens with zero attached hydrogens (tertiary/aromatic N) is 2. The summed E-state index contributed by atoms with van der Waals surface area (Å²) in [7, 11) is 1.63. The number of hydrogen-bond acceptors (Lipinski definition) is 4. The second kappa shape index (κ2) is 7.71. The SMILES string of the molecule is COc1cccc(CN2C(=O)C3(SCC(=O)N3c3ccc(C)c(C)c3)c3ccccc32)c1. The van der Waals surface area contributed by atoms with Crippen molar-refractivity contribution in [3.63, 3.8) is 0 Å². The Hall–Kier alpha value is -3.25.